The molecule has 86 valence electrons. The summed E-state index contributed by atoms with van der Waals surface area (Å²) in [4.78, 5) is 20.8. The molecule has 0 aromatic heterocycles. The summed E-state index contributed by atoms with van der Waals surface area (Å²) in [5.41, 5.74) is 5.80. The highest BCUT2D eigenvalue weighted by molar-refractivity contribution is 5.75. The van der Waals surface area contributed by atoms with Gasteiger partial charge in [-0.3, -0.25) is 4.79 Å². The minimum absolute atomic E-state index is 0.351. The van der Waals surface area contributed by atoms with E-state index in [4.69, 9.17) is 20.7 Å². The maximum Gasteiger partial charge on any atom is 0.341 e. The average molecular weight is 225 g/mol. The molecule has 0 aliphatic heterocycles. The third-order valence-corrected chi connectivity index (χ3v) is 1.87. The van der Waals surface area contributed by atoms with Crippen LogP contribution in [0.2, 0.25) is 0 Å². The molecule has 4 N–H and O–H groups in total. The van der Waals surface area contributed by atoms with E-state index in [1.54, 1.807) is 0 Å². The predicted octanol–water partition coefficient (Wildman–Crippen LogP) is 0.234. The Balaban J connectivity index is 2.67. The van der Waals surface area contributed by atoms with E-state index < -0.39 is 24.6 Å². The predicted molar refractivity (Wildman–Crippen MR) is 54.1 cm³/mol. The number of aliphatic carboxylic acids is 2. The number of carboxylic acids is 2. The summed E-state index contributed by atoms with van der Waals surface area (Å²) in [7, 11) is 0. The Morgan fingerprint density at radius 3 is 2.25 bits per heavy atom. The minimum atomic E-state index is -1.13. The fourth-order valence-corrected chi connectivity index (χ4v) is 1.06. The number of rotatable bonds is 5. The van der Waals surface area contributed by atoms with E-state index in [0.29, 0.717) is 11.3 Å². The first-order valence-electron chi connectivity index (χ1n) is 4.43. The van der Waals surface area contributed by atoms with Gasteiger partial charge in [0.15, 0.2) is 6.61 Å². The van der Waals surface area contributed by atoms with Gasteiger partial charge in [-0.15, -0.1) is 0 Å². The van der Waals surface area contributed by atoms with Gasteiger partial charge in [0, 0.05) is 0 Å². The van der Waals surface area contributed by atoms with E-state index in [2.05, 4.69) is 0 Å². The van der Waals surface area contributed by atoms with Crippen LogP contribution in [0.4, 0.5) is 0 Å². The highest BCUT2D eigenvalue weighted by Crippen LogP contribution is 2.16. The molecule has 0 radical (unpaired) electrons. The van der Waals surface area contributed by atoms with E-state index in [0.717, 1.165) is 0 Å². The van der Waals surface area contributed by atoms with Gasteiger partial charge in [0.2, 0.25) is 0 Å². The molecule has 0 spiro atoms. The fraction of sp³-hybridized carbons (Fsp3) is 0.200. The van der Waals surface area contributed by atoms with E-state index >= 15 is 0 Å². The van der Waals surface area contributed by atoms with Gasteiger partial charge in [0.25, 0.3) is 0 Å². The topological polar surface area (TPSA) is 110 Å². The van der Waals surface area contributed by atoms with Crippen LogP contribution in [0.5, 0.6) is 5.75 Å². The summed E-state index contributed by atoms with van der Waals surface area (Å²) in [6.07, 6.45) is 0. The van der Waals surface area contributed by atoms with Crippen molar-refractivity contribution in [2.24, 2.45) is 5.73 Å². The summed E-state index contributed by atoms with van der Waals surface area (Å²) >= 11 is 0. The van der Waals surface area contributed by atoms with Crippen molar-refractivity contribution < 1.29 is 24.5 Å². The number of carbonyl (C=O) groups is 2. The smallest absolute Gasteiger partial charge is 0.341 e. The first-order valence-corrected chi connectivity index (χ1v) is 4.43. The van der Waals surface area contributed by atoms with Gasteiger partial charge in [0.1, 0.15) is 11.8 Å². The van der Waals surface area contributed by atoms with Crippen molar-refractivity contribution in [3.63, 3.8) is 0 Å². The molecule has 0 bridgehead atoms. The Morgan fingerprint density at radius 2 is 1.81 bits per heavy atom. The second kappa shape index (κ2) is 5.13. The van der Waals surface area contributed by atoms with Crippen LogP contribution in [0, 0.1) is 0 Å². The van der Waals surface area contributed by atoms with E-state index in [-0.39, 0.29) is 0 Å². The quantitative estimate of drug-likeness (QED) is 0.661. The van der Waals surface area contributed by atoms with Crippen LogP contribution in [-0.2, 0) is 9.59 Å². The molecule has 6 nitrogen and oxygen atoms in total. The maximum atomic E-state index is 10.6. The van der Waals surface area contributed by atoms with Crippen LogP contribution in [0.15, 0.2) is 24.3 Å². The molecular formula is C10H11NO5. The molecule has 1 aromatic carbocycles. The molecule has 0 aliphatic carbocycles. The highest BCUT2D eigenvalue weighted by Gasteiger charge is 2.13. The lowest BCUT2D eigenvalue weighted by Crippen LogP contribution is -2.20. The lowest BCUT2D eigenvalue weighted by Gasteiger charge is -2.08. The molecule has 6 heteroatoms. The maximum absolute atomic E-state index is 10.6. The van der Waals surface area contributed by atoms with E-state index in [9.17, 15) is 9.59 Å². The highest BCUT2D eigenvalue weighted by atomic mass is 16.5. The zero-order valence-corrected chi connectivity index (χ0v) is 8.29. The van der Waals surface area contributed by atoms with Crippen LogP contribution >= 0.6 is 0 Å². The number of ether oxygens (including phenoxy) is 1. The molecule has 0 aliphatic rings. The van der Waals surface area contributed by atoms with Gasteiger partial charge in [0.05, 0.1) is 0 Å². The number of carboxylic acid groups (broad SMARTS) is 2. The normalized spacial score (nSPS) is 11.8. The van der Waals surface area contributed by atoms with Crippen molar-refractivity contribution in [3.05, 3.63) is 29.8 Å². The Kier molecular flexibility index (Phi) is 3.84. The lowest BCUT2D eigenvalue weighted by atomic mass is 10.1. The van der Waals surface area contributed by atoms with Gasteiger partial charge >= 0.3 is 11.9 Å². The summed E-state index contributed by atoms with van der Waals surface area (Å²) in [6.45, 7) is -0.440. The SMILES string of the molecule is NC(C(=O)O)c1ccc(OCC(=O)O)cc1. The molecule has 0 saturated heterocycles. The van der Waals surface area contributed by atoms with Crippen LogP contribution in [0.25, 0.3) is 0 Å². The molecule has 1 aromatic rings. The molecule has 1 rings (SSSR count). The van der Waals surface area contributed by atoms with Gasteiger partial charge in [-0.2, -0.15) is 0 Å². The van der Waals surface area contributed by atoms with Gasteiger partial charge in [-0.05, 0) is 17.7 Å². The molecule has 0 saturated carbocycles. The molecular weight excluding hydrogens is 214 g/mol. The summed E-state index contributed by atoms with van der Waals surface area (Å²) in [5, 5.41) is 17.0. The first kappa shape index (κ1) is 12.0. The minimum Gasteiger partial charge on any atom is -0.482 e. The third-order valence-electron chi connectivity index (χ3n) is 1.87. The molecule has 1 atom stereocenters. The van der Waals surface area contributed by atoms with Gasteiger partial charge in [-0.25, -0.2) is 4.79 Å². The number of benzene rings is 1. The second-order valence-electron chi connectivity index (χ2n) is 3.07. The Morgan fingerprint density at radius 1 is 1.25 bits per heavy atom. The summed E-state index contributed by atoms with van der Waals surface area (Å²) in [5.74, 6) is -1.85. The van der Waals surface area contributed by atoms with Crippen LogP contribution < -0.4 is 10.5 Å². The molecule has 0 heterocycles. The Hall–Kier alpha value is -2.08. The first-order chi connectivity index (χ1) is 7.50. The average Bonchev–Trinajstić information content (AvgIpc) is 2.26. The Labute approximate surface area is 91.3 Å². The molecule has 0 amide bonds. The van der Waals surface area contributed by atoms with Crippen molar-refractivity contribution in [1.82, 2.24) is 0 Å². The van der Waals surface area contributed by atoms with E-state index in [1.807, 2.05) is 0 Å². The summed E-state index contributed by atoms with van der Waals surface area (Å²) < 4.78 is 4.87. The lowest BCUT2D eigenvalue weighted by molar-refractivity contribution is -0.139. The monoisotopic (exact) mass is 225 g/mol. The van der Waals surface area contributed by atoms with E-state index in [1.165, 1.54) is 24.3 Å². The second-order valence-corrected chi connectivity index (χ2v) is 3.07. The van der Waals surface area contributed by atoms with Crippen molar-refractivity contribution in [1.29, 1.82) is 0 Å². The van der Waals surface area contributed by atoms with Crippen LogP contribution in [0.1, 0.15) is 11.6 Å². The van der Waals surface area contributed by atoms with Crippen molar-refractivity contribution in [2.75, 3.05) is 6.61 Å². The standard InChI is InChI=1S/C10H11NO5/c11-9(10(14)15)6-1-3-7(4-2-6)16-5-8(12)13/h1-4,9H,5,11H2,(H,12,13)(H,14,15). The van der Waals surface area contributed by atoms with Crippen LogP contribution in [-0.4, -0.2) is 28.8 Å². The number of hydrogen-bond acceptors (Lipinski definition) is 4. The van der Waals surface area contributed by atoms with Crippen molar-refractivity contribution in [2.45, 2.75) is 6.04 Å². The zero-order valence-electron chi connectivity index (χ0n) is 8.29. The fourth-order valence-electron chi connectivity index (χ4n) is 1.06. The third kappa shape index (κ3) is 3.25. The van der Waals surface area contributed by atoms with Gasteiger partial charge < -0.3 is 20.7 Å². The zero-order chi connectivity index (χ0) is 12.1. The van der Waals surface area contributed by atoms with Crippen molar-refractivity contribution >= 4 is 11.9 Å². The van der Waals surface area contributed by atoms with Gasteiger partial charge in [-0.1, -0.05) is 12.1 Å². The molecule has 16 heavy (non-hydrogen) atoms. The largest absolute Gasteiger partial charge is 0.482 e. The number of nitrogens with two attached hydrogens (primary N) is 1. The Bertz CT molecular complexity index is 387. The molecule has 1 unspecified atom stereocenters. The summed E-state index contributed by atoms with van der Waals surface area (Å²) in [6, 6.07) is 4.82. The number of hydrogen-bond donors (Lipinski definition) is 3. The van der Waals surface area contributed by atoms with Crippen LogP contribution in [0.3, 0.4) is 0 Å². The van der Waals surface area contributed by atoms with Crippen molar-refractivity contribution in [3.8, 4) is 5.75 Å². The molecule has 0 fully saturated rings.